The summed E-state index contributed by atoms with van der Waals surface area (Å²) >= 11 is 11.5. The Morgan fingerprint density at radius 3 is 2.59 bits per heavy atom. The van der Waals surface area contributed by atoms with Crippen LogP contribution in [0.3, 0.4) is 0 Å². The van der Waals surface area contributed by atoms with Gasteiger partial charge < -0.3 is 15.5 Å². The summed E-state index contributed by atoms with van der Waals surface area (Å²) in [5, 5.41) is 21.0. The van der Waals surface area contributed by atoms with Gasteiger partial charge >= 0.3 is 5.97 Å². The molecule has 0 spiro atoms. The van der Waals surface area contributed by atoms with Crippen LogP contribution in [-0.2, 0) is 0 Å². The van der Waals surface area contributed by atoms with Gasteiger partial charge in [0.25, 0.3) is 0 Å². The van der Waals surface area contributed by atoms with Crippen molar-refractivity contribution in [1.29, 1.82) is 0 Å². The molecular weight excluding hydrogens is 267 g/mol. The lowest BCUT2D eigenvalue weighted by molar-refractivity contribution is 0.0697. The van der Waals surface area contributed by atoms with E-state index in [4.69, 9.17) is 33.4 Å². The molecule has 0 aliphatic rings. The number of anilines is 1. The summed E-state index contributed by atoms with van der Waals surface area (Å²) in [6.07, 6.45) is 0. The number of halogens is 2. The van der Waals surface area contributed by atoms with Crippen molar-refractivity contribution in [2.24, 2.45) is 0 Å². The van der Waals surface area contributed by atoms with E-state index in [-0.39, 0.29) is 28.2 Å². The molecule has 7 heteroatoms. The molecule has 0 bridgehead atoms. The number of aliphatic hydroxyl groups excluding tert-OH is 1. The number of carboxylic acids is 1. The first-order valence-corrected chi connectivity index (χ1v) is 5.51. The predicted molar refractivity (Wildman–Crippen MR) is 66.0 cm³/mol. The fraction of sp³-hybridized carbons (Fsp3) is 0.400. The number of pyridine rings is 1. The van der Waals surface area contributed by atoms with Gasteiger partial charge in [0.2, 0.25) is 0 Å². The van der Waals surface area contributed by atoms with Crippen LogP contribution in [0.15, 0.2) is 6.07 Å². The van der Waals surface area contributed by atoms with E-state index in [1.165, 1.54) is 6.07 Å². The van der Waals surface area contributed by atoms with E-state index in [1.54, 1.807) is 13.8 Å². The van der Waals surface area contributed by atoms with Crippen LogP contribution in [-0.4, -0.2) is 33.3 Å². The third-order valence-electron chi connectivity index (χ3n) is 2.01. The molecule has 0 amide bonds. The predicted octanol–water partition coefficient (Wildman–Crippen LogP) is 2.27. The topological polar surface area (TPSA) is 82.5 Å². The van der Waals surface area contributed by atoms with Gasteiger partial charge in [-0.15, -0.1) is 0 Å². The van der Waals surface area contributed by atoms with Crippen LogP contribution in [0.25, 0.3) is 0 Å². The van der Waals surface area contributed by atoms with Gasteiger partial charge in [0.1, 0.15) is 16.5 Å². The number of aromatic nitrogens is 1. The Morgan fingerprint density at radius 2 is 2.12 bits per heavy atom. The Kier molecular flexibility index (Phi) is 4.19. The van der Waals surface area contributed by atoms with Crippen molar-refractivity contribution in [1.82, 2.24) is 4.98 Å². The summed E-state index contributed by atoms with van der Waals surface area (Å²) < 4.78 is 0. The second-order valence-corrected chi connectivity index (χ2v) is 4.92. The van der Waals surface area contributed by atoms with Crippen LogP contribution >= 0.6 is 23.2 Å². The van der Waals surface area contributed by atoms with E-state index in [1.807, 2.05) is 0 Å². The third kappa shape index (κ3) is 3.46. The lowest BCUT2D eigenvalue weighted by atomic mass is 10.1. The molecule has 1 heterocycles. The Labute approximate surface area is 108 Å². The van der Waals surface area contributed by atoms with Crippen molar-refractivity contribution in [3.63, 3.8) is 0 Å². The van der Waals surface area contributed by atoms with Crippen LogP contribution < -0.4 is 5.32 Å². The average molecular weight is 279 g/mol. The summed E-state index contributed by atoms with van der Waals surface area (Å²) in [5.74, 6) is -1.18. The first-order valence-electron chi connectivity index (χ1n) is 4.75. The zero-order valence-electron chi connectivity index (χ0n) is 9.29. The highest BCUT2D eigenvalue weighted by Crippen LogP contribution is 2.27. The summed E-state index contributed by atoms with van der Waals surface area (Å²) in [6, 6.07) is 1.25. The summed E-state index contributed by atoms with van der Waals surface area (Å²) in [6.45, 7) is 3.18. The van der Waals surface area contributed by atoms with E-state index < -0.39 is 11.5 Å². The van der Waals surface area contributed by atoms with Crippen molar-refractivity contribution in [2.75, 3.05) is 11.9 Å². The molecule has 0 aromatic carbocycles. The van der Waals surface area contributed by atoms with Gasteiger partial charge in [-0.25, -0.2) is 9.78 Å². The van der Waals surface area contributed by atoms with E-state index in [0.29, 0.717) is 0 Å². The van der Waals surface area contributed by atoms with Crippen LogP contribution in [0.4, 0.5) is 5.82 Å². The molecular formula is C10H12Cl2N2O3. The number of aromatic carboxylic acids is 1. The molecule has 0 radical (unpaired) electrons. The highest BCUT2D eigenvalue weighted by atomic mass is 35.5. The highest BCUT2D eigenvalue weighted by molar-refractivity contribution is 6.36. The summed E-state index contributed by atoms with van der Waals surface area (Å²) in [5.41, 5.74) is -0.900. The number of nitrogens with one attached hydrogen (secondary N) is 1. The Bertz CT molecular complexity index is 449. The standard InChI is InChI=1S/C10H12Cl2N2O3/c1-10(2,4-15)14-8-7(9(16)17)5(11)3-6(12)13-8/h3,15H,4H2,1-2H3,(H,13,14)(H,16,17). The molecule has 1 aromatic rings. The molecule has 0 atom stereocenters. The van der Waals surface area contributed by atoms with Gasteiger partial charge in [0, 0.05) is 0 Å². The minimum Gasteiger partial charge on any atom is -0.478 e. The first kappa shape index (κ1) is 14.0. The lowest BCUT2D eigenvalue weighted by Crippen LogP contribution is -2.36. The summed E-state index contributed by atoms with van der Waals surface area (Å²) in [4.78, 5) is 14.9. The summed E-state index contributed by atoms with van der Waals surface area (Å²) in [7, 11) is 0. The van der Waals surface area contributed by atoms with Crippen molar-refractivity contribution >= 4 is 35.0 Å². The second-order valence-electron chi connectivity index (χ2n) is 4.12. The minimum absolute atomic E-state index is 0.00580. The molecule has 1 rings (SSSR count). The number of nitrogens with zero attached hydrogens (tertiary/aromatic N) is 1. The second kappa shape index (κ2) is 5.08. The van der Waals surface area contributed by atoms with Crippen LogP contribution in [0.5, 0.6) is 0 Å². The Hall–Kier alpha value is -1.04. The normalized spacial score (nSPS) is 11.4. The number of carbonyl (C=O) groups is 1. The molecule has 0 saturated carbocycles. The lowest BCUT2D eigenvalue weighted by Gasteiger charge is -2.25. The molecule has 0 saturated heterocycles. The van der Waals surface area contributed by atoms with Crippen molar-refractivity contribution in [3.05, 3.63) is 21.8 Å². The van der Waals surface area contributed by atoms with Crippen LogP contribution in [0.2, 0.25) is 10.2 Å². The van der Waals surface area contributed by atoms with E-state index in [2.05, 4.69) is 10.3 Å². The molecule has 0 aliphatic carbocycles. The van der Waals surface area contributed by atoms with Crippen molar-refractivity contribution in [2.45, 2.75) is 19.4 Å². The Morgan fingerprint density at radius 1 is 1.53 bits per heavy atom. The van der Waals surface area contributed by atoms with E-state index >= 15 is 0 Å². The van der Waals surface area contributed by atoms with E-state index in [0.717, 1.165) is 0 Å². The van der Waals surface area contributed by atoms with E-state index in [9.17, 15) is 4.79 Å². The minimum atomic E-state index is -1.21. The van der Waals surface area contributed by atoms with Gasteiger partial charge in [-0.05, 0) is 19.9 Å². The fourth-order valence-electron chi connectivity index (χ4n) is 1.14. The molecule has 94 valence electrons. The monoisotopic (exact) mass is 278 g/mol. The maximum atomic E-state index is 11.1. The number of rotatable bonds is 4. The number of hydrogen-bond acceptors (Lipinski definition) is 4. The number of hydrogen-bond donors (Lipinski definition) is 3. The molecule has 0 aliphatic heterocycles. The van der Waals surface area contributed by atoms with Crippen molar-refractivity contribution < 1.29 is 15.0 Å². The van der Waals surface area contributed by atoms with Gasteiger partial charge in [-0.1, -0.05) is 23.2 Å². The van der Waals surface area contributed by atoms with Crippen LogP contribution in [0, 0.1) is 0 Å². The molecule has 17 heavy (non-hydrogen) atoms. The fourth-order valence-corrected chi connectivity index (χ4v) is 1.66. The quantitative estimate of drug-likeness (QED) is 0.736. The zero-order valence-corrected chi connectivity index (χ0v) is 10.8. The molecule has 1 aromatic heterocycles. The molecule has 0 unspecified atom stereocenters. The maximum Gasteiger partial charge on any atom is 0.341 e. The zero-order chi connectivity index (χ0) is 13.2. The largest absolute Gasteiger partial charge is 0.478 e. The SMILES string of the molecule is CC(C)(CO)Nc1nc(Cl)cc(Cl)c1C(=O)O. The number of carboxylic acid groups (broad SMARTS) is 1. The average Bonchev–Trinajstić information content (AvgIpc) is 2.14. The molecule has 0 fully saturated rings. The van der Waals surface area contributed by atoms with Crippen molar-refractivity contribution in [3.8, 4) is 0 Å². The molecule has 5 nitrogen and oxygen atoms in total. The van der Waals surface area contributed by atoms with Gasteiger partial charge in [-0.2, -0.15) is 0 Å². The Balaban J connectivity index is 3.26. The smallest absolute Gasteiger partial charge is 0.341 e. The van der Waals surface area contributed by atoms with Gasteiger partial charge in [0.05, 0.1) is 17.2 Å². The van der Waals surface area contributed by atoms with Gasteiger partial charge in [-0.3, -0.25) is 0 Å². The third-order valence-corrected chi connectivity index (χ3v) is 2.50. The van der Waals surface area contributed by atoms with Crippen LogP contribution in [0.1, 0.15) is 24.2 Å². The first-order chi connectivity index (χ1) is 7.76. The maximum absolute atomic E-state index is 11.1. The molecule has 3 N–H and O–H groups in total. The highest BCUT2D eigenvalue weighted by Gasteiger charge is 2.23. The van der Waals surface area contributed by atoms with Gasteiger partial charge in [0.15, 0.2) is 0 Å². The number of aliphatic hydroxyl groups is 1.